The van der Waals surface area contributed by atoms with Gasteiger partial charge in [-0.2, -0.15) is 5.10 Å². The second-order valence-corrected chi connectivity index (χ2v) is 6.63. The zero-order chi connectivity index (χ0) is 21.3. The third-order valence-electron chi connectivity index (χ3n) is 4.81. The summed E-state index contributed by atoms with van der Waals surface area (Å²) in [5.41, 5.74) is 1.27. The van der Waals surface area contributed by atoms with Crippen LogP contribution in [0.4, 0.5) is 4.39 Å². The fraction of sp³-hybridized carbons (Fsp3) is 0.190. The van der Waals surface area contributed by atoms with E-state index in [-0.39, 0.29) is 24.8 Å². The number of methoxy groups -OCH3 is 2. The lowest BCUT2D eigenvalue weighted by Crippen LogP contribution is -2.34. The Bertz CT molecular complexity index is 1310. The van der Waals surface area contributed by atoms with E-state index in [2.05, 4.69) is 10.4 Å². The predicted octanol–water partition coefficient (Wildman–Crippen LogP) is 2.12. The normalized spacial score (nSPS) is 11.0. The lowest BCUT2D eigenvalue weighted by atomic mass is 10.2. The lowest BCUT2D eigenvalue weighted by Gasteiger charge is -2.13. The van der Waals surface area contributed by atoms with E-state index in [1.54, 1.807) is 28.7 Å². The van der Waals surface area contributed by atoms with E-state index in [0.29, 0.717) is 27.9 Å². The van der Waals surface area contributed by atoms with Crippen molar-refractivity contribution in [2.24, 2.45) is 0 Å². The number of halogens is 1. The zero-order valence-electron chi connectivity index (χ0n) is 16.4. The molecule has 1 amide bonds. The summed E-state index contributed by atoms with van der Waals surface area (Å²) in [5, 5.41) is 7.41. The number of hydrogen-bond acceptors (Lipinski definition) is 5. The van der Waals surface area contributed by atoms with Gasteiger partial charge in [0.25, 0.3) is 5.56 Å². The SMILES string of the molecule is COc1cccc(CNC(=O)Cn2ncn3c(cc4cc(F)ccc43)c2=O)c1OC. The molecule has 9 heteroatoms. The van der Waals surface area contributed by atoms with Crippen LogP contribution in [-0.2, 0) is 17.9 Å². The van der Waals surface area contributed by atoms with Crippen LogP contribution in [0.1, 0.15) is 5.56 Å². The molecule has 0 aliphatic rings. The van der Waals surface area contributed by atoms with Crippen molar-refractivity contribution in [1.29, 1.82) is 0 Å². The van der Waals surface area contributed by atoms with Crippen LogP contribution in [0.5, 0.6) is 11.5 Å². The molecular weight excluding hydrogens is 391 g/mol. The van der Waals surface area contributed by atoms with Gasteiger partial charge in [-0.05, 0) is 30.3 Å². The second kappa shape index (κ2) is 7.86. The standard InChI is InChI=1S/C21H19FN4O4/c1-29-18-5-3-4-13(20(18)30-2)10-23-19(27)11-26-21(28)17-9-14-8-15(22)6-7-16(14)25(17)12-24-26/h3-9,12H,10-11H2,1-2H3,(H,23,27). The maximum Gasteiger partial charge on any atom is 0.291 e. The molecule has 4 aromatic rings. The van der Waals surface area contributed by atoms with Gasteiger partial charge in [0, 0.05) is 17.5 Å². The molecule has 8 nitrogen and oxygen atoms in total. The summed E-state index contributed by atoms with van der Waals surface area (Å²) >= 11 is 0. The monoisotopic (exact) mass is 410 g/mol. The van der Waals surface area contributed by atoms with Gasteiger partial charge in [0.2, 0.25) is 5.91 Å². The number of amides is 1. The molecule has 0 bridgehead atoms. The number of carbonyl (C=O) groups is 1. The van der Waals surface area contributed by atoms with Gasteiger partial charge in [-0.3, -0.25) is 14.0 Å². The van der Waals surface area contributed by atoms with Crippen molar-refractivity contribution in [3.8, 4) is 11.5 Å². The van der Waals surface area contributed by atoms with Crippen LogP contribution in [-0.4, -0.2) is 34.3 Å². The highest BCUT2D eigenvalue weighted by Gasteiger charge is 2.14. The van der Waals surface area contributed by atoms with Crippen LogP contribution < -0.4 is 20.3 Å². The minimum Gasteiger partial charge on any atom is -0.493 e. The van der Waals surface area contributed by atoms with Crippen molar-refractivity contribution in [3.05, 3.63) is 70.5 Å². The number of nitrogens with one attached hydrogen (secondary N) is 1. The first-order chi connectivity index (χ1) is 14.5. The highest BCUT2D eigenvalue weighted by molar-refractivity contribution is 5.86. The summed E-state index contributed by atoms with van der Waals surface area (Å²) in [6.45, 7) is -0.0536. The van der Waals surface area contributed by atoms with Crippen molar-refractivity contribution in [2.75, 3.05) is 14.2 Å². The third-order valence-corrected chi connectivity index (χ3v) is 4.81. The van der Waals surface area contributed by atoms with Gasteiger partial charge in [0.05, 0.1) is 19.7 Å². The summed E-state index contributed by atoms with van der Waals surface area (Å²) < 4.78 is 26.7. The average Bonchev–Trinajstić information content (AvgIpc) is 3.12. The minimum absolute atomic E-state index is 0.199. The van der Waals surface area contributed by atoms with Crippen molar-refractivity contribution >= 4 is 22.3 Å². The molecule has 2 aromatic heterocycles. The summed E-state index contributed by atoms with van der Waals surface area (Å²) in [5.74, 6) is 0.313. The molecule has 2 heterocycles. The smallest absolute Gasteiger partial charge is 0.291 e. The van der Waals surface area contributed by atoms with E-state index in [9.17, 15) is 14.0 Å². The maximum absolute atomic E-state index is 13.5. The van der Waals surface area contributed by atoms with Crippen molar-refractivity contribution in [1.82, 2.24) is 19.5 Å². The maximum atomic E-state index is 13.5. The second-order valence-electron chi connectivity index (χ2n) is 6.63. The van der Waals surface area contributed by atoms with Crippen LogP contribution >= 0.6 is 0 Å². The van der Waals surface area contributed by atoms with Crippen LogP contribution in [0.2, 0.25) is 0 Å². The average molecular weight is 410 g/mol. The van der Waals surface area contributed by atoms with Crippen molar-refractivity contribution < 1.29 is 18.7 Å². The summed E-state index contributed by atoms with van der Waals surface area (Å²) in [7, 11) is 3.06. The van der Waals surface area contributed by atoms with Crippen molar-refractivity contribution in [3.63, 3.8) is 0 Å². The number of benzene rings is 2. The van der Waals surface area contributed by atoms with E-state index in [1.165, 1.54) is 32.7 Å². The van der Waals surface area contributed by atoms with Gasteiger partial charge in [0.1, 0.15) is 24.2 Å². The fourth-order valence-electron chi connectivity index (χ4n) is 3.39. The molecule has 0 aliphatic heterocycles. The molecule has 0 radical (unpaired) electrons. The Morgan fingerprint density at radius 3 is 2.73 bits per heavy atom. The number of nitrogens with zero attached hydrogens (tertiary/aromatic N) is 3. The largest absolute Gasteiger partial charge is 0.493 e. The summed E-state index contributed by atoms with van der Waals surface area (Å²) in [4.78, 5) is 25.2. The predicted molar refractivity (Wildman–Crippen MR) is 108 cm³/mol. The van der Waals surface area contributed by atoms with E-state index < -0.39 is 5.56 Å². The first kappa shape index (κ1) is 19.4. The number of hydrogen-bond donors (Lipinski definition) is 1. The summed E-state index contributed by atoms with van der Waals surface area (Å²) in [6, 6.07) is 11.2. The van der Waals surface area contributed by atoms with Gasteiger partial charge >= 0.3 is 0 Å². The highest BCUT2D eigenvalue weighted by Crippen LogP contribution is 2.30. The number of aromatic nitrogens is 3. The topological polar surface area (TPSA) is 86.9 Å². The van der Waals surface area contributed by atoms with Gasteiger partial charge in [0.15, 0.2) is 11.5 Å². The Hall–Kier alpha value is -3.88. The molecule has 1 N–H and O–H groups in total. The van der Waals surface area contributed by atoms with Gasteiger partial charge in [-0.15, -0.1) is 0 Å². The quantitative estimate of drug-likeness (QED) is 0.526. The van der Waals surface area contributed by atoms with Crippen LogP contribution in [0.15, 0.2) is 53.6 Å². The molecule has 0 aliphatic carbocycles. The molecule has 4 rings (SSSR count). The molecular formula is C21H19FN4O4. The Balaban J connectivity index is 1.54. The molecule has 154 valence electrons. The van der Waals surface area contributed by atoms with E-state index in [0.717, 1.165) is 10.2 Å². The summed E-state index contributed by atoms with van der Waals surface area (Å²) in [6.07, 6.45) is 1.44. The fourth-order valence-corrected chi connectivity index (χ4v) is 3.39. The number of carbonyl (C=O) groups excluding carboxylic acids is 1. The van der Waals surface area contributed by atoms with Gasteiger partial charge in [-0.25, -0.2) is 9.07 Å². The van der Waals surface area contributed by atoms with Crippen LogP contribution in [0.25, 0.3) is 16.4 Å². The minimum atomic E-state index is -0.441. The molecule has 0 fully saturated rings. The van der Waals surface area contributed by atoms with E-state index in [4.69, 9.17) is 9.47 Å². The Morgan fingerprint density at radius 2 is 1.97 bits per heavy atom. The third kappa shape index (κ3) is 3.45. The van der Waals surface area contributed by atoms with Crippen LogP contribution in [0, 0.1) is 5.82 Å². The number of ether oxygens (including phenoxy) is 2. The number of para-hydroxylation sites is 1. The number of fused-ring (bicyclic) bond motifs is 3. The first-order valence-electron chi connectivity index (χ1n) is 9.15. The Labute approximate surface area is 170 Å². The molecule has 0 atom stereocenters. The number of rotatable bonds is 6. The van der Waals surface area contributed by atoms with Gasteiger partial charge < -0.3 is 14.8 Å². The highest BCUT2D eigenvalue weighted by atomic mass is 19.1. The van der Waals surface area contributed by atoms with Crippen LogP contribution in [0.3, 0.4) is 0 Å². The van der Waals surface area contributed by atoms with Gasteiger partial charge in [-0.1, -0.05) is 12.1 Å². The molecule has 2 aromatic carbocycles. The van der Waals surface area contributed by atoms with E-state index >= 15 is 0 Å². The first-order valence-corrected chi connectivity index (χ1v) is 9.15. The molecule has 0 saturated carbocycles. The molecule has 30 heavy (non-hydrogen) atoms. The molecule has 0 saturated heterocycles. The Kier molecular flexibility index (Phi) is 5.09. The van der Waals surface area contributed by atoms with E-state index in [1.807, 2.05) is 6.07 Å². The molecule has 0 unspecified atom stereocenters. The molecule has 0 spiro atoms. The van der Waals surface area contributed by atoms with Crippen molar-refractivity contribution in [2.45, 2.75) is 13.1 Å². The Morgan fingerprint density at radius 1 is 1.13 bits per heavy atom. The lowest BCUT2D eigenvalue weighted by molar-refractivity contribution is -0.122. The zero-order valence-corrected chi connectivity index (χ0v) is 16.4.